The van der Waals surface area contributed by atoms with Crippen LogP contribution in [-0.2, 0) is 0 Å². The van der Waals surface area contributed by atoms with Gasteiger partial charge in [0.1, 0.15) is 0 Å². The zero-order valence-corrected chi connectivity index (χ0v) is 15.9. The molecule has 2 aromatic heterocycles. The number of hydrogen-bond acceptors (Lipinski definition) is 4. The first-order chi connectivity index (χ1) is 13.5. The summed E-state index contributed by atoms with van der Waals surface area (Å²) in [6.07, 6.45) is 1.84. The largest absolute Gasteiger partial charge is 0.480 e. The van der Waals surface area contributed by atoms with Gasteiger partial charge in [-0.3, -0.25) is 4.79 Å². The van der Waals surface area contributed by atoms with Gasteiger partial charge < -0.3 is 10.1 Å². The Hall–Kier alpha value is -3.67. The quantitative estimate of drug-likeness (QED) is 0.581. The Morgan fingerprint density at radius 2 is 1.82 bits per heavy atom. The Morgan fingerprint density at radius 3 is 2.57 bits per heavy atom. The van der Waals surface area contributed by atoms with Crippen molar-refractivity contribution >= 4 is 17.2 Å². The maximum Gasteiger partial charge on any atom is 0.255 e. The van der Waals surface area contributed by atoms with Crippen LogP contribution in [0, 0.1) is 13.8 Å². The van der Waals surface area contributed by atoms with Gasteiger partial charge in [-0.15, -0.1) is 5.10 Å². The van der Waals surface area contributed by atoms with E-state index >= 15 is 0 Å². The van der Waals surface area contributed by atoms with Crippen LogP contribution < -0.4 is 10.1 Å². The maximum absolute atomic E-state index is 12.6. The topological polar surface area (TPSA) is 68.5 Å². The van der Waals surface area contributed by atoms with Crippen LogP contribution in [0.3, 0.4) is 0 Å². The molecular formula is C22H20N4O2. The first kappa shape index (κ1) is 17.7. The van der Waals surface area contributed by atoms with Gasteiger partial charge in [0, 0.05) is 22.9 Å². The summed E-state index contributed by atoms with van der Waals surface area (Å²) in [4.78, 5) is 17.2. The number of amides is 1. The average molecular weight is 372 g/mol. The molecule has 0 unspecified atom stereocenters. The van der Waals surface area contributed by atoms with Crippen molar-refractivity contribution in [2.75, 3.05) is 12.4 Å². The molecule has 4 rings (SSSR count). The number of rotatable bonds is 4. The number of methoxy groups -OCH3 is 1. The Morgan fingerprint density at radius 1 is 1.04 bits per heavy atom. The van der Waals surface area contributed by atoms with Crippen LogP contribution in [0.4, 0.5) is 5.69 Å². The molecule has 2 aromatic carbocycles. The van der Waals surface area contributed by atoms with E-state index in [0.29, 0.717) is 17.1 Å². The number of anilines is 1. The van der Waals surface area contributed by atoms with Gasteiger partial charge in [-0.05, 0) is 44.2 Å². The zero-order valence-electron chi connectivity index (χ0n) is 15.9. The number of aromatic nitrogens is 3. The number of imidazole rings is 1. The minimum Gasteiger partial charge on any atom is -0.480 e. The van der Waals surface area contributed by atoms with Crippen molar-refractivity contribution in [3.63, 3.8) is 0 Å². The van der Waals surface area contributed by atoms with Crippen LogP contribution in [0.1, 0.15) is 21.5 Å². The van der Waals surface area contributed by atoms with E-state index in [0.717, 1.165) is 28.0 Å². The van der Waals surface area contributed by atoms with Crippen molar-refractivity contribution in [1.82, 2.24) is 14.6 Å². The molecule has 4 aromatic rings. The van der Waals surface area contributed by atoms with Crippen molar-refractivity contribution in [3.8, 4) is 17.1 Å². The summed E-state index contributed by atoms with van der Waals surface area (Å²) in [5, 5.41) is 7.29. The third-order valence-corrected chi connectivity index (χ3v) is 4.40. The van der Waals surface area contributed by atoms with Gasteiger partial charge in [0.25, 0.3) is 5.91 Å². The van der Waals surface area contributed by atoms with Crippen molar-refractivity contribution in [2.24, 2.45) is 0 Å². The number of aryl methyl sites for hydroxylation is 2. The normalized spacial score (nSPS) is 10.8. The summed E-state index contributed by atoms with van der Waals surface area (Å²) in [6, 6.07) is 17.0. The van der Waals surface area contributed by atoms with Gasteiger partial charge in [0.15, 0.2) is 5.65 Å². The minimum atomic E-state index is -0.134. The number of carbonyl (C=O) groups excluding carboxylic acids is 1. The summed E-state index contributed by atoms with van der Waals surface area (Å²) < 4.78 is 6.83. The molecule has 0 radical (unpaired) electrons. The fourth-order valence-electron chi connectivity index (χ4n) is 3.18. The zero-order chi connectivity index (χ0) is 19.7. The van der Waals surface area contributed by atoms with E-state index in [1.807, 2.05) is 68.6 Å². The Labute approximate surface area is 162 Å². The fourth-order valence-corrected chi connectivity index (χ4v) is 3.18. The molecule has 0 bridgehead atoms. The third-order valence-electron chi connectivity index (χ3n) is 4.40. The third kappa shape index (κ3) is 3.57. The molecule has 1 amide bonds. The van der Waals surface area contributed by atoms with Crippen molar-refractivity contribution < 1.29 is 9.53 Å². The van der Waals surface area contributed by atoms with Crippen LogP contribution in [0.25, 0.3) is 16.9 Å². The van der Waals surface area contributed by atoms with E-state index in [2.05, 4.69) is 15.4 Å². The lowest BCUT2D eigenvalue weighted by Gasteiger charge is -2.08. The van der Waals surface area contributed by atoms with Gasteiger partial charge in [-0.25, -0.2) is 9.50 Å². The summed E-state index contributed by atoms with van der Waals surface area (Å²) in [7, 11) is 1.58. The number of ether oxygens (including phenoxy) is 1. The van der Waals surface area contributed by atoms with Gasteiger partial charge in [-0.1, -0.05) is 29.3 Å². The molecule has 6 nitrogen and oxygen atoms in total. The predicted octanol–water partition coefficient (Wildman–Crippen LogP) is 4.27. The molecule has 6 heteroatoms. The molecule has 0 fully saturated rings. The second-order valence-corrected chi connectivity index (χ2v) is 6.72. The monoisotopic (exact) mass is 372 g/mol. The van der Waals surface area contributed by atoms with Crippen LogP contribution in [0.2, 0.25) is 0 Å². The molecule has 1 N–H and O–H groups in total. The van der Waals surface area contributed by atoms with E-state index in [1.54, 1.807) is 17.7 Å². The lowest BCUT2D eigenvalue weighted by Crippen LogP contribution is -2.12. The summed E-state index contributed by atoms with van der Waals surface area (Å²) in [5.41, 5.74) is 5.86. The molecule has 0 saturated heterocycles. The molecule has 140 valence electrons. The second kappa shape index (κ2) is 7.15. The fraction of sp³-hybridized carbons (Fsp3) is 0.136. The van der Waals surface area contributed by atoms with Crippen molar-refractivity contribution in [1.29, 1.82) is 0 Å². The molecular weight excluding hydrogens is 352 g/mol. The predicted molar refractivity (Wildman–Crippen MR) is 109 cm³/mol. The standard InChI is InChI=1S/C22H20N4O2/c1-14-9-15(2)11-17(10-14)22(27)23-18-6-4-5-16(12-18)19-13-26-20(24-19)7-8-21(25-26)28-3/h4-13H,1-3H3,(H,23,27). The van der Waals surface area contributed by atoms with Crippen LogP contribution in [-0.4, -0.2) is 27.6 Å². The number of fused-ring (bicyclic) bond motifs is 1. The molecule has 0 aliphatic rings. The van der Waals surface area contributed by atoms with Crippen LogP contribution >= 0.6 is 0 Å². The summed E-state index contributed by atoms with van der Waals surface area (Å²) in [6.45, 7) is 3.97. The molecule has 0 saturated carbocycles. The lowest BCUT2D eigenvalue weighted by atomic mass is 10.1. The first-order valence-electron chi connectivity index (χ1n) is 8.92. The summed E-state index contributed by atoms with van der Waals surface area (Å²) in [5.74, 6) is 0.385. The van der Waals surface area contributed by atoms with E-state index in [9.17, 15) is 4.79 Å². The Balaban J connectivity index is 1.61. The number of hydrogen-bond donors (Lipinski definition) is 1. The SMILES string of the molecule is COc1ccc2nc(-c3cccc(NC(=O)c4cc(C)cc(C)c4)c3)cn2n1. The minimum absolute atomic E-state index is 0.134. The van der Waals surface area contributed by atoms with Crippen molar-refractivity contribution in [3.05, 3.63) is 77.5 Å². The molecule has 0 aliphatic carbocycles. The first-order valence-corrected chi connectivity index (χ1v) is 8.92. The average Bonchev–Trinajstić information content (AvgIpc) is 3.10. The van der Waals surface area contributed by atoms with Gasteiger partial charge in [-0.2, -0.15) is 0 Å². The van der Waals surface area contributed by atoms with Crippen LogP contribution in [0.5, 0.6) is 5.88 Å². The smallest absolute Gasteiger partial charge is 0.255 e. The Bertz CT molecular complexity index is 1160. The number of nitrogens with zero attached hydrogens (tertiary/aromatic N) is 3. The molecule has 2 heterocycles. The summed E-state index contributed by atoms with van der Waals surface area (Å²) >= 11 is 0. The highest BCUT2D eigenvalue weighted by Crippen LogP contribution is 2.23. The molecule has 0 atom stereocenters. The lowest BCUT2D eigenvalue weighted by molar-refractivity contribution is 0.102. The number of benzene rings is 2. The van der Waals surface area contributed by atoms with E-state index in [1.165, 1.54) is 0 Å². The second-order valence-electron chi connectivity index (χ2n) is 6.72. The van der Waals surface area contributed by atoms with Crippen LogP contribution in [0.15, 0.2) is 60.8 Å². The molecule has 0 aliphatic heterocycles. The maximum atomic E-state index is 12.6. The van der Waals surface area contributed by atoms with Crippen molar-refractivity contribution in [2.45, 2.75) is 13.8 Å². The highest BCUT2D eigenvalue weighted by molar-refractivity contribution is 6.04. The van der Waals surface area contributed by atoms with E-state index < -0.39 is 0 Å². The number of nitrogens with one attached hydrogen (secondary N) is 1. The molecule has 0 spiro atoms. The van der Waals surface area contributed by atoms with Gasteiger partial charge >= 0.3 is 0 Å². The van der Waals surface area contributed by atoms with Gasteiger partial charge in [0.05, 0.1) is 19.0 Å². The van der Waals surface area contributed by atoms with E-state index in [-0.39, 0.29) is 5.91 Å². The highest BCUT2D eigenvalue weighted by Gasteiger charge is 2.10. The van der Waals surface area contributed by atoms with E-state index in [4.69, 9.17) is 4.74 Å². The number of carbonyl (C=O) groups is 1. The van der Waals surface area contributed by atoms with Gasteiger partial charge in [0.2, 0.25) is 5.88 Å². The highest BCUT2D eigenvalue weighted by atomic mass is 16.5. The molecule has 28 heavy (non-hydrogen) atoms. The Kier molecular flexibility index (Phi) is 4.53.